The monoisotopic (exact) mass is 553 g/mol. The van der Waals surface area contributed by atoms with Crippen molar-refractivity contribution in [1.82, 2.24) is 15.5 Å². The van der Waals surface area contributed by atoms with Crippen LogP contribution in [0.1, 0.15) is 48.5 Å². The highest BCUT2D eigenvalue weighted by Crippen LogP contribution is 2.32. The van der Waals surface area contributed by atoms with Crippen LogP contribution >= 0.6 is 0 Å². The fraction of sp³-hybridized carbons (Fsp3) is 0.481. The minimum absolute atomic E-state index is 0.0437. The highest BCUT2D eigenvalue weighted by atomic mass is 32.2. The SMILES string of the molecule is CCCN(C)[C@@H]1CC[C@H](NC(=O)CNC(=O)c2cccc(C(F)(F)F)c2)C[C@@H]1CS(=O)(=O)c1ccccc1. The van der Waals surface area contributed by atoms with Gasteiger partial charge in [-0.3, -0.25) is 9.59 Å². The van der Waals surface area contributed by atoms with E-state index in [1.807, 2.05) is 7.05 Å². The summed E-state index contributed by atoms with van der Waals surface area (Å²) in [6.45, 7) is 2.48. The molecular formula is C27H34F3N3O4S. The smallest absolute Gasteiger partial charge is 0.352 e. The molecule has 2 aromatic rings. The van der Waals surface area contributed by atoms with E-state index in [4.69, 9.17) is 0 Å². The van der Waals surface area contributed by atoms with Gasteiger partial charge in [-0.2, -0.15) is 13.2 Å². The van der Waals surface area contributed by atoms with E-state index in [0.717, 1.165) is 31.2 Å². The van der Waals surface area contributed by atoms with Gasteiger partial charge in [0.2, 0.25) is 5.91 Å². The summed E-state index contributed by atoms with van der Waals surface area (Å²) in [6.07, 6.45) is -1.85. The van der Waals surface area contributed by atoms with Crippen LogP contribution in [-0.4, -0.2) is 63.1 Å². The number of halogens is 3. The molecule has 1 aliphatic carbocycles. The highest BCUT2D eigenvalue weighted by Gasteiger charge is 2.36. The summed E-state index contributed by atoms with van der Waals surface area (Å²) >= 11 is 0. The number of alkyl halides is 3. The molecule has 0 unspecified atom stereocenters. The predicted octanol–water partition coefficient (Wildman–Crippen LogP) is 3.90. The number of carbonyl (C=O) groups is 2. The Morgan fingerprint density at radius 1 is 1.05 bits per heavy atom. The van der Waals surface area contributed by atoms with Crippen LogP contribution in [0, 0.1) is 5.92 Å². The number of benzene rings is 2. The van der Waals surface area contributed by atoms with Gasteiger partial charge in [-0.15, -0.1) is 0 Å². The summed E-state index contributed by atoms with van der Waals surface area (Å²) in [7, 11) is -1.55. The summed E-state index contributed by atoms with van der Waals surface area (Å²) in [6, 6.07) is 12.0. The van der Waals surface area contributed by atoms with Crippen molar-refractivity contribution in [3.63, 3.8) is 0 Å². The molecule has 2 amide bonds. The summed E-state index contributed by atoms with van der Waals surface area (Å²) in [5, 5.41) is 5.22. The van der Waals surface area contributed by atoms with Crippen LogP contribution in [0.4, 0.5) is 13.2 Å². The first-order chi connectivity index (χ1) is 17.9. The molecule has 0 spiro atoms. The van der Waals surface area contributed by atoms with Crippen molar-refractivity contribution in [2.24, 2.45) is 5.92 Å². The predicted molar refractivity (Wildman–Crippen MR) is 138 cm³/mol. The summed E-state index contributed by atoms with van der Waals surface area (Å²) in [5.41, 5.74) is -1.14. The second-order valence-electron chi connectivity index (χ2n) is 9.74. The third kappa shape index (κ3) is 8.04. The van der Waals surface area contributed by atoms with Crippen LogP contribution in [0.15, 0.2) is 59.5 Å². The maximum absolute atomic E-state index is 13.1. The van der Waals surface area contributed by atoms with E-state index in [9.17, 15) is 31.2 Å². The van der Waals surface area contributed by atoms with Gasteiger partial charge >= 0.3 is 6.18 Å². The van der Waals surface area contributed by atoms with Crippen molar-refractivity contribution in [2.45, 2.75) is 55.8 Å². The van der Waals surface area contributed by atoms with Crippen LogP contribution in [-0.2, 0) is 20.8 Å². The van der Waals surface area contributed by atoms with Crippen molar-refractivity contribution < 1.29 is 31.2 Å². The zero-order chi connectivity index (χ0) is 27.9. The quantitative estimate of drug-likeness (QED) is 0.465. The van der Waals surface area contributed by atoms with E-state index in [2.05, 4.69) is 22.5 Å². The molecule has 0 bridgehead atoms. The van der Waals surface area contributed by atoms with Crippen molar-refractivity contribution in [1.29, 1.82) is 0 Å². The highest BCUT2D eigenvalue weighted by molar-refractivity contribution is 7.91. The van der Waals surface area contributed by atoms with Gasteiger partial charge in [-0.1, -0.05) is 31.2 Å². The lowest BCUT2D eigenvalue weighted by atomic mass is 9.81. The average Bonchev–Trinajstić information content (AvgIpc) is 2.87. The minimum Gasteiger partial charge on any atom is -0.352 e. The molecule has 3 rings (SSSR count). The first-order valence-electron chi connectivity index (χ1n) is 12.6. The van der Waals surface area contributed by atoms with Crippen molar-refractivity contribution in [3.05, 3.63) is 65.7 Å². The molecular weight excluding hydrogens is 519 g/mol. The summed E-state index contributed by atoms with van der Waals surface area (Å²) in [4.78, 5) is 27.3. The lowest BCUT2D eigenvalue weighted by Gasteiger charge is -2.41. The molecule has 1 saturated carbocycles. The van der Waals surface area contributed by atoms with E-state index < -0.39 is 39.9 Å². The molecule has 11 heteroatoms. The first kappa shape index (κ1) is 29.6. The van der Waals surface area contributed by atoms with Gasteiger partial charge in [-0.05, 0) is 75.5 Å². The number of nitrogens with one attached hydrogen (secondary N) is 2. The van der Waals surface area contributed by atoms with Crippen LogP contribution in [0.2, 0.25) is 0 Å². The number of hydrogen-bond donors (Lipinski definition) is 2. The minimum atomic E-state index is -4.58. The molecule has 7 nitrogen and oxygen atoms in total. The lowest BCUT2D eigenvalue weighted by Crippen LogP contribution is -2.51. The van der Waals surface area contributed by atoms with Crippen LogP contribution < -0.4 is 10.6 Å². The molecule has 38 heavy (non-hydrogen) atoms. The Morgan fingerprint density at radius 3 is 2.42 bits per heavy atom. The van der Waals surface area contributed by atoms with E-state index in [-0.39, 0.29) is 34.2 Å². The largest absolute Gasteiger partial charge is 0.416 e. The molecule has 0 heterocycles. The molecule has 0 aromatic heterocycles. The Balaban J connectivity index is 1.62. The third-order valence-electron chi connectivity index (χ3n) is 6.85. The molecule has 0 saturated heterocycles. The van der Waals surface area contributed by atoms with Gasteiger partial charge in [0.1, 0.15) is 0 Å². The lowest BCUT2D eigenvalue weighted by molar-refractivity contribution is -0.137. The fourth-order valence-corrected chi connectivity index (χ4v) is 6.73. The Kier molecular flexibility index (Phi) is 9.94. The molecule has 0 aliphatic heterocycles. The zero-order valence-electron chi connectivity index (χ0n) is 21.5. The van der Waals surface area contributed by atoms with Crippen LogP contribution in [0.5, 0.6) is 0 Å². The number of carbonyl (C=O) groups excluding carboxylic acids is 2. The molecule has 3 atom stereocenters. The van der Waals surface area contributed by atoms with Gasteiger partial charge in [0.15, 0.2) is 9.84 Å². The second kappa shape index (κ2) is 12.8. The number of sulfone groups is 1. The maximum Gasteiger partial charge on any atom is 0.416 e. The number of rotatable bonds is 10. The zero-order valence-corrected chi connectivity index (χ0v) is 22.3. The van der Waals surface area contributed by atoms with Crippen molar-refractivity contribution in [2.75, 3.05) is 25.9 Å². The van der Waals surface area contributed by atoms with Gasteiger partial charge in [-0.25, -0.2) is 8.42 Å². The van der Waals surface area contributed by atoms with Crippen LogP contribution in [0.25, 0.3) is 0 Å². The van der Waals surface area contributed by atoms with Crippen molar-refractivity contribution in [3.8, 4) is 0 Å². The van der Waals surface area contributed by atoms with Gasteiger partial charge in [0, 0.05) is 17.6 Å². The molecule has 2 aromatic carbocycles. The van der Waals surface area contributed by atoms with E-state index >= 15 is 0 Å². The topological polar surface area (TPSA) is 95.6 Å². The summed E-state index contributed by atoms with van der Waals surface area (Å²) < 4.78 is 65.0. The Bertz CT molecular complexity index is 1210. The maximum atomic E-state index is 13.1. The number of nitrogens with zero attached hydrogens (tertiary/aromatic N) is 1. The van der Waals surface area contributed by atoms with Gasteiger partial charge in [0.25, 0.3) is 5.91 Å². The number of hydrogen-bond acceptors (Lipinski definition) is 5. The molecule has 208 valence electrons. The Hall–Kier alpha value is -2.92. The molecule has 2 N–H and O–H groups in total. The second-order valence-corrected chi connectivity index (χ2v) is 11.8. The fourth-order valence-electron chi connectivity index (χ4n) is 5.04. The Labute approximate surface area is 221 Å². The summed E-state index contributed by atoms with van der Waals surface area (Å²) in [5.74, 6) is -1.53. The van der Waals surface area contributed by atoms with E-state index in [1.54, 1.807) is 30.3 Å². The Morgan fingerprint density at radius 2 is 1.76 bits per heavy atom. The molecule has 1 aliphatic rings. The first-order valence-corrected chi connectivity index (χ1v) is 14.3. The van der Waals surface area contributed by atoms with E-state index in [0.29, 0.717) is 19.3 Å². The standard InChI is InChI=1S/C27H34F3N3O4S/c1-3-14-33(2)24-13-12-22(16-20(24)18-38(36,37)23-10-5-4-6-11-23)32-25(34)17-31-26(35)19-8-7-9-21(15-19)27(28,29)30/h4-11,15,20,22,24H,3,12-14,16-18H2,1-2H3,(H,31,35)(H,32,34)/t20-,22+,24-/m1/s1. The van der Waals surface area contributed by atoms with Crippen molar-refractivity contribution >= 4 is 21.7 Å². The third-order valence-corrected chi connectivity index (χ3v) is 8.70. The molecule has 1 fully saturated rings. The number of amides is 2. The molecule has 0 radical (unpaired) electrons. The van der Waals surface area contributed by atoms with Crippen LogP contribution in [0.3, 0.4) is 0 Å². The van der Waals surface area contributed by atoms with Gasteiger partial charge < -0.3 is 15.5 Å². The normalized spacial score (nSPS) is 20.2. The van der Waals surface area contributed by atoms with E-state index in [1.165, 1.54) is 6.07 Å². The van der Waals surface area contributed by atoms with Gasteiger partial charge in [0.05, 0.1) is 22.8 Å². The average molecular weight is 554 g/mol.